The third-order valence-corrected chi connectivity index (χ3v) is 0.512. The van der Waals surface area contributed by atoms with Crippen molar-refractivity contribution in [2.24, 2.45) is 0 Å². The lowest BCUT2D eigenvalue weighted by molar-refractivity contribution is -0.118. The molecule has 0 rings (SSSR count). The van der Waals surface area contributed by atoms with Gasteiger partial charge in [-0.3, -0.25) is 4.79 Å². The zero-order chi connectivity index (χ0) is 5.70. The fraction of sp³-hybridized carbons (Fsp3) is 0.200. The van der Waals surface area contributed by atoms with Gasteiger partial charge in [-0.2, -0.15) is 0 Å². The van der Waals surface area contributed by atoms with Crippen molar-refractivity contribution >= 4 is 12.1 Å². The van der Waals surface area contributed by atoms with E-state index >= 15 is 0 Å². The predicted molar refractivity (Wildman–Crippen MR) is 30.9 cm³/mol. The minimum atomic E-state index is -0.227. The SMILES string of the molecule is C=CC(=O)CC=O.N. The monoisotopic (exact) mass is 115 g/mol. The summed E-state index contributed by atoms with van der Waals surface area (Å²) >= 11 is 0. The molecule has 0 amide bonds. The van der Waals surface area contributed by atoms with Crippen LogP contribution in [0.25, 0.3) is 0 Å². The standard InChI is InChI=1S/C5H6O2.H3N/c1-2-5(7)3-4-6;/h2,4H,1,3H2;1H3. The quantitative estimate of drug-likeness (QED) is 0.330. The smallest absolute Gasteiger partial charge is 0.162 e. The lowest BCUT2D eigenvalue weighted by Crippen LogP contribution is -1.89. The van der Waals surface area contributed by atoms with Gasteiger partial charge in [-0.05, 0) is 6.08 Å². The van der Waals surface area contributed by atoms with Crippen molar-refractivity contribution in [3.8, 4) is 0 Å². The van der Waals surface area contributed by atoms with Crippen molar-refractivity contribution < 1.29 is 9.59 Å². The molecule has 0 saturated heterocycles. The Kier molecular flexibility index (Phi) is 7.63. The summed E-state index contributed by atoms with van der Waals surface area (Å²) in [5.41, 5.74) is 0. The maximum absolute atomic E-state index is 10.1. The molecular formula is C5H9NO2. The van der Waals surface area contributed by atoms with E-state index in [1.807, 2.05) is 0 Å². The fourth-order valence-corrected chi connectivity index (χ4v) is 0.165. The predicted octanol–water partition coefficient (Wildman–Crippen LogP) is 0.492. The Labute approximate surface area is 48.0 Å². The van der Waals surface area contributed by atoms with Crippen LogP contribution >= 0.6 is 0 Å². The molecule has 0 fully saturated rings. The van der Waals surface area contributed by atoms with Gasteiger partial charge in [0.15, 0.2) is 5.78 Å². The minimum absolute atomic E-state index is 0. The van der Waals surface area contributed by atoms with Crippen LogP contribution in [0.15, 0.2) is 12.7 Å². The third kappa shape index (κ3) is 5.04. The Balaban J connectivity index is 0. The Hall–Kier alpha value is -0.960. The van der Waals surface area contributed by atoms with Crippen molar-refractivity contribution in [2.45, 2.75) is 6.42 Å². The normalized spacial score (nSPS) is 6.50. The summed E-state index contributed by atoms with van der Waals surface area (Å²) in [5, 5.41) is 0. The Morgan fingerprint density at radius 3 is 2.25 bits per heavy atom. The summed E-state index contributed by atoms with van der Waals surface area (Å²) in [5.74, 6) is -0.227. The van der Waals surface area contributed by atoms with Gasteiger partial charge < -0.3 is 10.9 Å². The van der Waals surface area contributed by atoms with Gasteiger partial charge in [0.25, 0.3) is 0 Å². The van der Waals surface area contributed by atoms with Gasteiger partial charge in [0.05, 0.1) is 6.42 Å². The van der Waals surface area contributed by atoms with Gasteiger partial charge in [0.2, 0.25) is 0 Å². The van der Waals surface area contributed by atoms with Crippen LogP contribution in [0.1, 0.15) is 6.42 Å². The summed E-state index contributed by atoms with van der Waals surface area (Å²) < 4.78 is 0. The van der Waals surface area contributed by atoms with Crippen LogP contribution in [0.2, 0.25) is 0 Å². The largest absolute Gasteiger partial charge is 0.344 e. The molecule has 3 N–H and O–H groups in total. The highest BCUT2D eigenvalue weighted by Gasteiger charge is 1.88. The van der Waals surface area contributed by atoms with E-state index in [0.29, 0.717) is 6.29 Å². The van der Waals surface area contributed by atoms with Crippen LogP contribution in [0.4, 0.5) is 0 Å². The first-order valence-corrected chi connectivity index (χ1v) is 1.90. The van der Waals surface area contributed by atoms with Gasteiger partial charge in [-0.1, -0.05) is 6.58 Å². The van der Waals surface area contributed by atoms with E-state index in [0.717, 1.165) is 6.08 Å². The molecule has 0 aliphatic heterocycles. The first kappa shape index (κ1) is 10.1. The van der Waals surface area contributed by atoms with Gasteiger partial charge in [-0.15, -0.1) is 0 Å². The lowest BCUT2D eigenvalue weighted by atomic mass is 10.3. The number of rotatable bonds is 3. The first-order chi connectivity index (χ1) is 3.31. The number of ketones is 1. The second-order valence-corrected chi connectivity index (χ2v) is 1.04. The van der Waals surface area contributed by atoms with Crippen LogP contribution in [0.3, 0.4) is 0 Å². The fourth-order valence-electron chi connectivity index (χ4n) is 0.165. The second kappa shape index (κ2) is 6.04. The zero-order valence-electron chi connectivity index (χ0n) is 4.59. The number of aldehydes is 1. The van der Waals surface area contributed by atoms with Crippen LogP contribution in [0.5, 0.6) is 0 Å². The molecule has 8 heavy (non-hydrogen) atoms. The Bertz CT molecular complexity index is 98.6. The van der Waals surface area contributed by atoms with E-state index in [9.17, 15) is 9.59 Å². The van der Waals surface area contributed by atoms with E-state index in [2.05, 4.69) is 6.58 Å². The van der Waals surface area contributed by atoms with Crippen LogP contribution in [0, 0.1) is 0 Å². The summed E-state index contributed by atoms with van der Waals surface area (Å²) in [6.07, 6.45) is 1.65. The third-order valence-electron chi connectivity index (χ3n) is 0.512. The van der Waals surface area contributed by atoms with Gasteiger partial charge >= 0.3 is 0 Å². The zero-order valence-corrected chi connectivity index (χ0v) is 4.59. The topological polar surface area (TPSA) is 69.1 Å². The molecule has 0 aromatic carbocycles. The Morgan fingerprint density at radius 2 is 2.12 bits per heavy atom. The maximum atomic E-state index is 10.1. The molecule has 3 nitrogen and oxygen atoms in total. The van der Waals surface area contributed by atoms with E-state index in [4.69, 9.17) is 0 Å². The van der Waals surface area contributed by atoms with Crippen molar-refractivity contribution in [1.82, 2.24) is 6.15 Å². The molecule has 0 heterocycles. The van der Waals surface area contributed by atoms with Crippen molar-refractivity contribution in [3.63, 3.8) is 0 Å². The average molecular weight is 115 g/mol. The summed E-state index contributed by atoms with van der Waals surface area (Å²) in [6.45, 7) is 3.17. The van der Waals surface area contributed by atoms with Crippen molar-refractivity contribution in [1.29, 1.82) is 0 Å². The molecule has 0 spiro atoms. The van der Waals surface area contributed by atoms with Gasteiger partial charge in [0.1, 0.15) is 6.29 Å². The van der Waals surface area contributed by atoms with E-state index in [1.54, 1.807) is 0 Å². The molecule has 0 aliphatic rings. The number of carbonyl (C=O) groups excluding carboxylic acids is 2. The molecule has 0 aromatic heterocycles. The molecule has 0 saturated carbocycles. The molecule has 46 valence electrons. The summed E-state index contributed by atoms with van der Waals surface area (Å²) in [7, 11) is 0. The lowest BCUT2D eigenvalue weighted by Gasteiger charge is -1.75. The van der Waals surface area contributed by atoms with Crippen LogP contribution < -0.4 is 6.15 Å². The Morgan fingerprint density at radius 1 is 1.62 bits per heavy atom. The number of hydrogen-bond donors (Lipinski definition) is 1. The highest BCUT2D eigenvalue weighted by Crippen LogP contribution is 1.75. The van der Waals surface area contributed by atoms with E-state index in [-0.39, 0.29) is 18.4 Å². The van der Waals surface area contributed by atoms with Crippen molar-refractivity contribution in [2.75, 3.05) is 0 Å². The van der Waals surface area contributed by atoms with E-state index in [1.165, 1.54) is 0 Å². The number of carbonyl (C=O) groups is 2. The van der Waals surface area contributed by atoms with Gasteiger partial charge in [0, 0.05) is 0 Å². The minimum Gasteiger partial charge on any atom is -0.344 e. The van der Waals surface area contributed by atoms with Gasteiger partial charge in [-0.25, -0.2) is 0 Å². The summed E-state index contributed by atoms with van der Waals surface area (Å²) in [6, 6.07) is 0. The summed E-state index contributed by atoms with van der Waals surface area (Å²) in [4.78, 5) is 19.6. The molecule has 0 bridgehead atoms. The van der Waals surface area contributed by atoms with Crippen LogP contribution in [-0.4, -0.2) is 12.1 Å². The molecule has 3 heteroatoms. The molecule has 0 radical (unpaired) electrons. The molecular weight excluding hydrogens is 106 g/mol. The molecule has 0 aromatic rings. The highest BCUT2D eigenvalue weighted by atomic mass is 16.1. The second-order valence-electron chi connectivity index (χ2n) is 1.04. The molecule has 0 unspecified atom stereocenters. The molecule has 0 atom stereocenters. The van der Waals surface area contributed by atoms with E-state index < -0.39 is 0 Å². The van der Waals surface area contributed by atoms with Crippen LogP contribution in [-0.2, 0) is 9.59 Å². The average Bonchev–Trinajstić information content (AvgIpc) is 1.68. The molecule has 0 aliphatic carbocycles. The number of allylic oxidation sites excluding steroid dienone is 1. The maximum Gasteiger partial charge on any atom is 0.162 e. The highest BCUT2D eigenvalue weighted by molar-refractivity contribution is 5.97. The number of hydrogen-bond acceptors (Lipinski definition) is 3. The first-order valence-electron chi connectivity index (χ1n) is 1.90. The van der Waals surface area contributed by atoms with Crippen molar-refractivity contribution in [3.05, 3.63) is 12.7 Å².